The molecule has 1 unspecified atom stereocenters. The minimum atomic E-state index is 0.864. The molecule has 0 aliphatic carbocycles. The summed E-state index contributed by atoms with van der Waals surface area (Å²) >= 11 is 3.49. The highest BCUT2D eigenvalue weighted by atomic mass is 32.2. The number of nitrogens with one attached hydrogen (secondary N) is 1. The summed E-state index contributed by atoms with van der Waals surface area (Å²) in [6, 6.07) is 0. The Morgan fingerprint density at radius 3 is 3.20 bits per heavy atom. The van der Waals surface area contributed by atoms with Gasteiger partial charge in [0.2, 0.25) is 0 Å². The second-order valence-corrected chi connectivity index (χ2v) is 7.37. The van der Waals surface area contributed by atoms with E-state index >= 15 is 0 Å². The average molecular weight is 307 g/mol. The van der Waals surface area contributed by atoms with E-state index in [-0.39, 0.29) is 0 Å². The maximum absolute atomic E-state index is 4.79. The maximum atomic E-state index is 4.79. The van der Waals surface area contributed by atoms with E-state index in [1.54, 1.807) is 21.2 Å². The molecule has 0 amide bonds. The fourth-order valence-electron chi connectivity index (χ4n) is 2.74. The number of nitrogens with zero attached hydrogens (tertiary/aromatic N) is 5. The molecular weight excluding hydrogens is 292 g/mol. The van der Waals surface area contributed by atoms with Crippen LogP contribution in [-0.4, -0.2) is 44.4 Å². The lowest BCUT2D eigenvalue weighted by molar-refractivity contribution is -0.895. The molecular formula is C12H15N6S2+. The second-order valence-electron chi connectivity index (χ2n) is 5.06. The van der Waals surface area contributed by atoms with Crippen LogP contribution in [0.5, 0.6) is 0 Å². The molecule has 3 aromatic rings. The summed E-state index contributed by atoms with van der Waals surface area (Å²) in [5, 5.41) is 14.2. The molecule has 20 heavy (non-hydrogen) atoms. The third-order valence-corrected chi connectivity index (χ3v) is 5.62. The van der Waals surface area contributed by atoms with Crippen LogP contribution in [0.25, 0.3) is 15.9 Å². The van der Waals surface area contributed by atoms with E-state index in [0.717, 1.165) is 40.9 Å². The number of aromatic nitrogens is 5. The number of thioether (sulfide) groups is 1. The zero-order valence-corrected chi connectivity index (χ0v) is 13.0. The monoisotopic (exact) mass is 307 g/mol. The number of fused-ring (bicyclic) bond motifs is 5. The van der Waals surface area contributed by atoms with Crippen LogP contribution in [0.1, 0.15) is 17.4 Å². The first-order chi connectivity index (χ1) is 9.78. The number of quaternary nitrogens is 1. The Labute approximate surface area is 124 Å². The summed E-state index contributed by atoms with van der Waals surface area (Å²) in [6.45, 7) is 4.36. The highest BCUT2D eigenvalue weighted by Gasteiger charge is 2.25. The van der Waals surface area contributed by atoms with Gasteiger partial charge in [-0.25, -0.2) is 4.98 Å². The molecule has 6 nitrogen and oxygen atoms in total. The average Bonchev–Trinajstić information content (AvgIpc) is 3.01. The van der Waals surface area contributed by atoms with E-state index in [9.17, 15) is 0 Å². The SMILES string of the molecule is CCSc1nc2sc3c(c2c2nnnn12)CC[NH+](C)C3. The molecule has 0 fully saturated rings. The van der Waals surface area contributed by atoms with Crippen molar-refractivity contribution < 1.29 is 4.90 Å². The van der Waals surface area contributed by atoms with Crippen molar-refractivity contribution in [2.75, 3.05) is 19.3 Å². The second kappa shape index (κ2) is 4.64. The van der Waals surface area contributed by atoms with Gasteiger partial charge in [0.25, 0.3) is 0 Å². The molecule has 1 atom stereocenters. The van der Waals surface area contributed by atoms with Crippen molar-refractivity contribution >= 4 is 39.0 Å². The van der Waals surface area contributed by atoms with Gasteiger partial charge in [0, 0.05) is 6.42 Å². The third-order valence-electron chi connectivity index (χ3n) is 3.68. The molecule has 0 radical (unpaired) electrons. The minimum absolute atomic E-state index is 0.864. The highest BCUT2D eigenvalue weighted by molar-refractivity contribution is 7.99. The van der Waals surface area contributed by atoms with Crippen molar-refractivity contribution in [1.82, 2.24) is 25.0 Å². The van der Waals surface area contributed by atoms with Crippen LogP contribution in [0.15, 0.2) is 5.16 Å². The Kier molecular flexibility index (Phi) is 2.90. The van der Waals surface area contributed by atoms with E-state index in [2.05, 4.69) is 29.5 Å². The third kappa shape index (κ3) is 1.75. The van der Waals surface area contributed by atoms with Crippen molar-refractivity contribution in [3.63, 3.8) is 0 Å². The Hall–Kier alpha value is -1.25. The Balaban J connectivity index is 2.04. The number of hydrogen-bond donors (Lipinski definition) is 1. The zero-order chi connectivity index (χ0) is 13.7. The van der Waals surface area contributed by atoms with Gasteiger partial charge >= 0.3 is 0 Å². The standard InChI is InChI=1S/C12H14N6S2/c1-3-19-12-13-11-9(10-14-15-16-18(10)12)7-4-5-17(2)6-8(7)20-11/h3-6H2,1-2H3/p+1. The van der Waals surface area contributed by atoms with Gasteiger partial charge in [-0.1, -0.05) is 18.7 Å². The van der Waals surface area contributed by atoms with Gasteiger partial charge in [0.05, 0.1) is 23.9 Å². The van der Waals surface area contributed by atoms with Crippen molar-refractivity contribution in [3.05, 3.63) is 10.4 Å². The summed E-state index contributed by atoms with van der Waals surface area (Å²) in [5.41, 5.74) is 2.28. The van der Waals surface area contributed by atoms with Gasteiger partial charge in [-0.2, -0.15) is 4.52 Å². The smallest absolute Gasteiger partial charge is 0.194 e. The first kappa shape index (κ1) is 12.5. The van der Waals surface area contributed by atoms with Crippen molar-refractivity contribution in [3.8, 4) is 0 Å². The van der Waals surface area contributed by atoms with E-state index < -0.39 is 0 Å². The highest BCUT2D eigenvalue weighted by Crippen LogP contribution is 2.34. The molecule has 4 heterocycles. The van der Waals surface area contributed by atoms with Crippen LogP contribution in [0.3, 0.4) is 0 Å². The van der Waals surface area contributed by atoms with Crippen molar-refractivity contribution in [2.24, 2.45) is 0 Å². The summed E-state index contributed by atoms with van der Waals surface area (Å²) in [7, 11) is 2.24. The predicted molar refractivity (Wildman–Crippen MR) is 79.5 cm³/mol. The molecule has 1 N–H and O–H groups in total. The molecule has 0 spiro atoms. The number of likely N-dealkylation sites (N-methyl/N-ethyl adjacent to an activating group) is 1. The molecule has 104 valence electrons. The molecule has 0 bridgehead atoms. The summed E-state index contributed by atoms with van der Waals surface area (Å²) < 4.78 is 1.79. The lowest BCUT2D eigenvalue weighted by Gasteiger charge is -2.19. The molecule has 1 aliphatic heterocycles. The molecule has 4 rings (SSSR count). The van der Waals surface area contributed by atoms with Gasteiger partial charge in [0.1, 0.15) is 11.4 Å². The molecule has 0 aromatic carbocycles. The van der Waals surface area contributed by atoms with E-state index in [0.29, 0.717) is 0 Å². The normalized spacial score (nSPS) is 18.8. The van der Waals surface area contributed by atoms with Crippen molar-refractivity contribution in [1.29, 1.82) is 0 Å². The molecule has 0 saturated carbocycles. The number of rotatable bonds is 2. The Bertz CT molecular complexity index is 792. The van der Waals surface area contributed by atoms with Gasteiger partial charge in [-0.3, -0.25) is 0 Å². The molecule has 3 aromatic heterocycles. The number of hydrogen-bond acceptors (Lipinski definition) is 6. The predicted octanol–water partition coefficient (Wildman–Crippen LogP) is 0.417. The molecule has 0 saturated heterocycles. The van der Waals surface area contributed by atoms with Crippen LogP contribution in [0.4, 0.5) is 0 Å². The Morgan fingerprint density at radius 1 is 1.45 bits per heavy atom. The summed E-state index contributed by atoms with van der Waals surface area (Å²) in [6.07, 6.45) is 1.09. The summed E-state index contributed by atoms with van der Waals surface area (Å²) in [4.78, 5) is 8.88. The van der Waals surface area contributed by atoms with Crippen LogP contribution in [0.2, 0.25) is 0 Å². The van der Waals surface area contributed by atoms with Crippen LogP contribution in [-0.2, 0) is 13.0 Å². The largest absolute Gasteiger partial charge is 0.333 e. The van der Waals surface area contributed by atoms with Crippen LogP contribution < -0.4 is 4.90 Å². The van der Waals surface area contributed by atoms with Gasteiger partial charge in [-0.05, 0) is 21.7 Å². The minimum Gasteiger partial charge on any atom is -0.333 e. The fourth-order valence-corrected chi connectivity index (χ4v) is 4.79. The lowest BCUT2D eigenvalue weighted by Crippen LogP contribution is -3.08. The summed E-state index contributed by atoms with van der Waals surface area (Å²) in [5.74, 6) is 0.964. The van der Waals surface area contributed by atoms with E-state index in [4.69, 9.17) is 4.98 Å². The van der Waals surface area contributed by atoms with Crippen LogP contribution >= 0.6 is 23.1 Å². The fraction of sp³-hybridized carbons (Fsp3) is 0.500. The quantitative estimate of drug-likeness (QED) is 0.549. The maximum Gasteiger partial charge on any atom is 0.194 e. The first-order valence-corrected chi connectivity index (χ1v) is 8.54. The topological polar surface area (TPSA) is 60.4 Å². The van der Waals surface area contributed by atoms with Crippen molar-refractivity contribution in [2.45, 2.75) is 25.0 Å². The number of tetrazole rings is 1. The van der Waals surface area contributed by atoms with Crippen LogP contribution in [0, 0.1) is 0 Å². The molecule has 8 heteroatoms. The number of thiophene rings is 1. The molecule has 1 aliphatic rings. The van der Waals surface area contributed by atoms with Gasteiger partial charge in [-0.15, -0.1) is 16.4 Å². The zero-order valence-electron chi connectivity index (χ0n) is 11.4. The lowest BCUT2D eigenvalue weighted by atomic mass is 10.1. The first-order valence-electron chi connectivity index (χ1n) is 6.74. The van der Waals surface area contributed by atoms with E-state index in [1.165, 1.54) is 15.8 Å². The van der Waals surface area contributed by atoms with Gasteiger partial charge in [0.15, 0.2) is 10.8 Å². The Morgan fingerprint density at radius 2 is 2.35 bits per heavy atom. The van der Waals surface area contributed by atoms with E-state index in [1.807, 2.05) is 11.3 Å². The van der Waals surface area contributed by atoms with Gasteiger partial charge < -0.3 is 4.90 Å².